The fraction of sp³-hybridized carbons (Fsp3) is 0.0435. The minimum absolute atomic E-state index is 0.0404. The molecule has 3 aromatic carbocycles. The number of amides is 2. The van der Waals surface area contributed by atoms with Crippen molar-refractivity contribution in [3.05, 3.63) is 93.6 Å². The molecule has 0 saturated carbocycles. The number of hydrogen-bond donors (Lipinski definition) is 3. The number of nitrogens with two attached hydrogens (primary N) is 1. The molecule has 0 radical (unpaired) electrons. The summed E-state index contributed by atoms with van der Waals surface area (Å²) in [5, 5.41) is 3.73. The van der Waals surface area contributed by atoms with Crippen molar-refractivity contribution in [2.75, 3.05) is 7.05 Å². The molecule has 4 N–H and O–H groups in total. The first-order valence-electron chi connectivity index (χ1n) is 8.93. The van der Waals surface area contributed by atoms with Gasteiger partial charge in [0.15, 0.2) is 0 Å². The van der Waals surface area contributed by atoms with Crippen LogP contribution in [0.15, 0.2) is 78.9 Å². The van der Waals surface area contributed by atoms with Gasteiger partial charge in [-0.15, -0.1) is 0 Å². The summed E-state index contributed by atoms with van der Waals surface area (Å²) in [6, 6.07) is 24.9. The van der Waals surface area contributed by atoms with Crippen molar-refractivity contribution in [2.24, 2.45) is 5.73 Å². The Bertz CT molecular complexity index is 1100. The molecule has 0 spiro atoms. The van der Waals surface area contributed by atoms with Gasteiger partial charge in [0.1, 0.15) is 0 Å². The van der Waals surface area contributed by atoms with E-state index in [0.29, 0.717) is 11.1 Å². The van der Waals surface area contributed by atoms with Crippen LogP contribution in [0.2, 0.25) is 0 Å². The Kier molecular flexibility index (Phi) is 6.66. The molecule has 0 bridgehead atoms. The van der Waals surface area contributed by atoms with Crippen LogP contribution in [-0.2, 0) is 0 Å². The molecule has 2 amide bonds. The Morgan fingerprint density at radius 2 is 1.52 bits per heavy atom. The van der Waals surface area contributed by atoms with E-state index < -0.39 is 5.91 Å². The SMILES string of the molecule is CNC(=O)c1ccc(I)cc1.NC(=O)c1ccc(-c2cc3ccccc3[nH]2)cc1. The molecule has 0 aliphatic carbocycles. The van der Waals surface area contributed by atoms with E-state index in [-0.39, 0.29) is 5.91 Å². The Balaban J connectivity index is 0.000000188. The lowest BCUT2D eigenvalue weighted by Crippen LogP contribution is -2.17. The Morgan fingerprint density at radius 1 is 0.897 bits per heavy atom. The fourth-order valence-corrected chi connectivity index (χ4v) is 3.15. The molecule has 0 atom stereocenters. The van der Waals surface area contributed by atoms with E-state index in [2.05, 4.69) is 45.0 Å². The van der Waals surface area contributed by atoms with E-state index in [1.165, 1.54) is 5.39 Å². The van der Waals surface area contributed by atoms with Crippen LogP contribution in [0.3, 0.4) is 0 Å². The Labute approximate surface area is 182 Å². The predicted molar refractivity (Wildman–Crippen MR) is 125 cm³/mol. The van der Waals surface area contributed by atoms with Crippen molar-refractivity contribution in [3.63, 3.8) is 0 Å². The van der Waals surface area contributed by atoms with Gasteiger partial charge in [-0.25, -0.2) is 0 Å². The van der Waals surface area contributed by atoms with Gasteiger partial charge in [0.05, 0.1) is 0 Å². The second-order valence-electron chi connectivity index (χ2n) is 6.30. The van der Waals surface area contributed by atoms with Gasteiger partial charge in [0, 0.05) is 38.3 Å². The monoisotopic (exact) mass is 497 g/mol. The molecule has 5 nitrogen and oxygen atoms in total. The lowest BCUT2D eigenvalue weighted by molar-refractivity contribution is 0.0961. The molecule has 1 aromatic heterocycles. The summed E-state index contributed by atoms with van der Waals surface area (Å²) in [6.45, 7) is 0. The number of para-hydroxylation sites is 1. The average Bonchev–Trinajstić information content (AvgIpc) is 3.18. The van der Waals surface area contributed by atoms with E-state index in [4.69, 9.17) is 5.73 Å². The minimum Gasteiger partial charge on any atom is -0.366 e. The largest absolute Gasteiger partial charge is 0.366 e. The highest BCUT2D eigenvalue weighted by atomic mass is 127. The third-order valence-corrected chi connectivity index (χ3v) is 5.06. The Morgan fingerprint density at radius 3 is 2.10 bits per heavy atom. The number of nitrogens with one attached hydrogen (secondary N) is 2. The molecule has 0 unspecified atom stereocenters. The van der Waals surface area contributed by atoms with Gasteiger partial charge in [0.25, 0.3) is 5.91 Å². The quantitative estimate of drug-likeness (QED) is 0.362. The fourth-order valence-electron chi connectivity index (χ4n) is 2.79. The number of aromatic amines is 1. The summed E-state index contributed by atoms with van der Waals surface area (Å²) < 4.78 is 1.13. The van der Waals surface area contributed by atoms with E-state index in [1.807, 2.05) is 42.5 Å². The standard InChI is InChI=1S/C15H12N2O.C8H8INO/c16-15(18)11-7-5-10(6-8-11)14-9-12-3-1-2-4-13(12)17-14;1-10-8(11)6-2-4-7(9)5-3-6/h1-9,17H,(H2,16,18);2-5H,1H3,(H,10,11). The zero-order valence-electron chi connectivity index (χ0n) is 15.8. The summed E-state index contributed by atoms with van der Waals surface area (Å²) in [4.78, 5) is 25.4. The van der Waals surface area contributed by atoms with E-state index >= 15 is 0 Å². The normalized spacial score (nSPS) is 10.1. The highest BCUT2D eigenvalue weighted by Gasteiger charge is 2.04. The van der Waals surface area contributed by atoms with Crippen LogP contribution in [0.1, 0.15) is 20.7 Å². The van der Waals surface area contributed by atoms with Crippen LogP contribution in [0.25, 0.3) is 22.2 Å². The van der Waals surface area contributed by atoms with Crippen LogP contribution in [0, 0.1) is 3.57 Å². The molecule has 1 heterocycles. The van der Waals surface area contributed by atoms with Crippen LogP contribution < -0.4 is 11.1 Å². The molecule has 29 heavy (non-hydrogen) atoms. The number of carbonyl (C=O) groups excluding carboxylic acids is 2. The van der Waals surface area contributed by atoms with Gasteiger partial charge in [-0.2, -0.15) is 0 Å². The van der Waals surface area contributed by atoms with Crippen molar-refractivity contribution >= 4 is 45.3 Å². The highest BCUT2D eigenvalue weighted by Crippen LogP contribution is 2.24. The third-order valence-electron chi connectivity index (χ3n) is 4.34. The van der Waals surface area contributed by atoms with Crippen LogP contribution >= 0.6 is 22.6 Å². The average molecular weight is 497 g/mol. The van der Waals surface area contributed by atoms with E-state index in [0.717, 1.165) is 20.3 Å². The smallest absolute Gasteiger partial charge is 0.251 e. The van der Waals surface area contributed by atoms with E-state index in [9.17, 15) is 9.59 Å². The topological polar surface area (TPSA) is 88.0 Å². The van der Waals surface area contributed by atoms with Gasteiger partial charge in [-0.1, -0.05) is 30.3 Å². The van der Waals surface area contributed by atoms with Crippen molar-refractivity contribution in [1.82, 2.24) is 10.3 Å². The molecular formula is C23H20IN3O2. The maximum Gasteiger partial charge on any atom is 0.251 e. The van der Waals surface area contributed by atoms with Crippen molar-refractivity contribution in [2.45, 2.75) is 0 Å². The molecule has 4 rings (SSSR count). The number of H-pyrrole nitrogens is 1. The lowest BCUT2D eigenvalue weighted by atomic mass is 10.1. The number of halogens is 1. The van der Waals surface area contributed by atoms with Crippen molar-refractivity contribution < 1.29 is 9.59 Å². The van der Waals surface area contributed by atoms with E-state index in [1.54, 1.807) is 31.3 Å². The van der Waals surface area contributed by atoms with Crippen molar-refractivity contribution in [3.8, 4) is 11.3 Å². The van der Waals surface area contributed by atoms with Gasteiger partial charge < -0.3 is 16.0 Å². The third kappa shape index (κ3) is 5.23. The molecule has 146 valence electrons. The van der Waals surface area contributed by atoms with Gasteiger partial charge >= 0.3 is 0 Å². The number of hydrogen-bond acceptors (Lipinski definition) is 2. The summed E-state index contributed by atoms with van der Waals surface area (Å²) >= 11 is 2.20. The molecule has 0 aliphatic heterocycles. The molecule has 0 fully saturated rings. The van der Waals surface area contributed by atoms with Gasteiger partial charge in [-0.3, -0.25) is 9.59 Å². The summed E-state index contributed by atoms with van der Waals surface area (Å²) in [6.07, 6.45) is 0. The minimum atomic E-state index is -0.404. The van der Waals surface area contributed by atoms with Crippen LogP contribution in [0.5, 0.6) is 0 Å². The number of aromatic nitrogens is 1. The first kappa shape index (κ1) is 20.6. The maximum atomic E-state index is 11.0. The zero-order valence-corrected chi connectivity index (χ0v) is 17.9. The first-order chi connectivity index (χ1) is 14.0. The second kappa shape index (κ2) is 9.38. The summed E-state index contributed by atoms with van der Waals surface area (Å²) in [7, 11) is 1.63. The summed E-state index contributed by atoms with van der Waals surface area (Å²) in [5.74, 6) is -0.445. The van der Waals surface area contributed by atoms with Crippen molar-refractivity contribution in [1.29, 1.82) is 0 Å². The maximum absolute atomic E-state index is 11.0. The van der Waals surface area contributed by atoms with Gasteiger partial charge in [-0.05, 0) is 76.7 Å². The number of fused-ring (bicyclic) bond motifs is 1. The molecule has 0 aliphatic rings. The predicted octanol–water partition coefficient (Wildman–Crippen LogP) is 4.58. The molecule has 4 aromatic rings. The van der Waals surface area contributed by atoms with Crippen LogP contribution in [0.4, 0.5) is 0 Å². The number of carbonyl (C=O) groups is 2. The first-order valence-corrected chi connectivity index (χ1v) is 10.0. The molecule has 0 saturated heterocycles. The molecule has 6 heteroatoms. The van der Waals surface area contributed by atoms with Gasteiger partial charge in [0.2, 0.25) is 5.91 Å². The van der Waals surface area contributed by atoms with Crippen LogP contribution in [-0.4, -0.2) is 23.8 Å². The second-order valence-corrected chi connectivity index (χ2v) is 7.54. The lowest BCUT2D eigenvalue weighted by Gasteiger charge is -1.99. The number of primary amides is 1. The Hall–Kier alpha value is -3.13. The summed E-state index contributed by atoms with van der Waals surface area (Å²) in [5.41, 5.74) is 9.62. The number of benzene rings is 3. The zero-order chi connectivity index (χ0) is 20.8. The number of rotatable bonds is 3. The molecular weight excluding hydrogens is 477 g/mol. The highest BCUT2D eigenvalue weighted by molar-refractivity contribution is 14.1.